The SMILES string of the molecule is CCOC(C)OCCCS(=O)(=O)O. The third-order valence-corrected chi connectivity index (χ3v) is 2.11. The maximum atomic E-state index is 10.3. The summed E-state index contributed by atoms with van der Waals surface area (Å²) in [6, 6.07) is 0. The Morgan fingerprint density at radius 1 is 1.38 bits per heavy atom. The standard InChI is InChI=1S/C7H16O5S/c1-3-11-7(2)12-5-4-6-13(8,9)10/h7H,3-6H2,1-2H3,(H,8,9,10). The van der Waals surface area contributed by atoms with Crippen molar-refractivity contribution in [1.29, 1.82) is 0 Å². The molecule has 1 unspecified atom stereocenters. The minimum Gasteiger partial charge on any atom is -0.353 e. The molecule has 0 aromatic heterocycles. The van der Waals surface area contributed by atoms with Crippen molar-refractivity contribution in [3.8, 4) is 0 Å². The van der Waals surface area contributed by atoms with Gasteiger partial charge in [0.1, 0.15) is 0 Å². The van der Waals surface area contributed by atoms with E-state index < -0.39 is 10.1 Å². The summed E-state index contributed by atoms with van der Waals surface area (Å²) in [7, 11) is -3.86. The molecule has 0 spiro atoms. The van der Waals surface area contributed by atoms with Gasteiger partial charge in [0.2, 0.25) is 0 Å². The summed E-state index contributed by atoms with van der Waals surface area (Å²) < 4.78 is 39.0. The molecule has 5 nitrogen and oxygen atoms in total. The Bertz CT molecular complexity index is 211. The lowest BCUT2D eigenvalue weighted by atomic mass is 10.5. The van der Waals surface area contributed by atoms with E-state index in [4.69, 9.17) is 14.0 Å². The van der Waals surface area contributed by atoms with Crippen LogP contribution < -0.4 is 0 Å². The molecule has 0 aliphatic heterocycles. The number of ether oxygens (including phenoxy) is 2. The van der Waals surface area contributed by atoms with Gasteiger partial charge in [0, 0.05) is 6.61 Å². The van der Waals surface area contributed by atoms with Crippen molar-refractivity contribution < 1.29 is 22.4 Å². The van der Waals surface area contributed by atoms with E-state index >= 15 is 0 Å². The Morgan fingerprint density at radius 3 is 2.46 bits per heavy atom. The minimum atomic E-state index is -3.86. The predicted octanol–water partition coefficient (Wildman–Crippen LogP) is 0.663. The van der Waals surface area contributed by atoms with Gasteiger partial charge >= 0.3 is 0 Å². The van der Waals surface area contributed by atoms with Crippen LogP contribution in [0.1, 0.15) is 20.3 Å². The Kier molecular flexibility index (Phi) is 6.23. The molecule has 13 heavy (non-hydrogen) atoms. The van der Waals surface area contributed by atoms with Crippen LogP contribution in [0.4, 0.5) is 0 Å². The molecular weight excluding hydrogens is 196 g/mol. The lowest BCUT2D eigenvalue weighted by molar-refractivity contribution is -0.126. The first-order chi connectivity index (χ1) is 5.95. The number of rotatable bonds is 7. The van der Waals surface area contributed by atoms with Gasteiger partial charge in [0.05, 0.1) is 12.4 Å². The zero-order valence-electron chi connectivity index (χ0n) is 7.89. The van der Waals surface area contributed by atoms with Crippen LogP contribution in [0.25, 0.3) is 0 Å². The molecule has 0 aliphatic carbocycles. The van der Waals surface area contributed by atoms with Gasteiger partial charge in [0.15, 0.2) is 6.29 Å². The lowest BCUT2D eigenvalue weighted by Gasteiger charge is -2.11. The van der Waals surface area contributed by atoms with Crippen molar-refractivity contribution in [1.82, 2.24) is 0 Å². The normalized spacial score (nSPS) is 14.4. The van der Waals surface area contributed by atoms with Gasteiger partial charge in [-0.1, -0.05) is 0 Å². The summed E-state index contributed by atoms with van der Waals surface area (Å²) in [5.74, 6) is -0.272. The van der Waals surface area contributed by atoms with Crippen LogP contribution in [0.3, 0.4) is 0 Å². The van der Waals surface area contributed by atoms with Crippen LogP contribution in [0, 0.1) is 0 Å². The summed E-state index contributed by atoms with van der Waals surface area (Å²) in [4.78, 5) is 0. The van der Waals surface area contributed by atoms with Gasteiger partial charge in [-0.25, -0.2) is 0 Å². The molecule has 0 saturated carbocycles. The maximum Gasteiger partial charge on any atom is 0.264 e. The van der Waals surface area contributed by atoms with E-state index in [0.717, 1.165) is 0 Å². The Balaban J connectivity index is 3.36. The predicted molar refractivity (Wildman–Crippen MR) is 48.1 cm³/mol. The molecule has 0 aromatic carbocycles. The molecule has 1 atom stereocenters. The van der Waals surface area contributed by atoms with Gasteiger partial charge in [-0.15, -0.1) is 0 Å². The van der Waals surface area contributed by atoms with E-state index in [0.29, 0.717) is 6.61 Å². The highest BCUT2D eigenvalue weighted by molar-refractivity contribution is 7.85. The van der Waals surface area contributed by atoms with Crippen molar-refractivity contribution in [3.63, 3.8) is 0 Å². The zero-order valence-corrected chi connectivity index (χ0v) is 8.71. The average Bonchev–Trinajstić information content (AvgIpc) is 1.97. The van der Waals surface area contributed by atoms with Crippen molar-refractivity contribution in [2.24, 2.45) is 0 Å². The molecule has 0 amide bonds. The minimum absolute atomic E-state index is 0.265. The van der Waals surface area contributed by atoms with Gasteiger partial charge in [-0.05, 0) is 20.3 Å². The van der Waals surface area contributed by atoms with E-state index in [1.165, 1.54) is 0 Å². The van der Waals surface area contributed by atoms with Gasteiger partial charge in [0.25, 0.3) is 10.1 Å². The first-order valence-electron chi connectivity index (χ1n) is 4.14. The Morgan fingerprint density at radius 2 is 2.00 bits per heavy atom. The van der Waals surface area contributed by atoms with Gasteiger partial charge in [-0.2, -0.15) is 8.42 Å². The zero-order chi connectivity index (χ0) is 10.3. The molecular formula is C7H16O5S. The van der Waals surface area contributed by atoms with E-state index in [9.17, 15) is 8.42 Å². The molecule has 0 aromatic rings. The van der Waals surface area contributed by atoms with E-state index in [2.05, 4.69) is 0 Å². The molecule has 0 rings (SSSR count). The van der Waals surface area contributed by atoms with Gasteiger partial charge in [-0.3, -0.25) is 4.55 Å². The summed E-state index contributed by atoms with van der Waals surface area (Å²) in [5, 5.41) is 0. The quantitative estimate of drug-likeness (QED) is 0.381. The van der Waals surface area contributed by atoms with E-state index in [1.54, 1.807) is 6.92 Å². The summed E-state index contributed by atoms with van der Waals surface area (Å²) >= 11 is 0. The average molecular weight is 212 g/mol. The van der Waals surface area contributed by atoms with Crippen LogP contribution in [0.2, 0.25) is 0 Å². The fourth-order valence-electron chi connectivity index (χ4n) is 0.773. The van der Waals surface area contributed by atoms with Crippen LogP contribution in [-0.2, 0) is 19.6 Å². The van der Waals surface area contributed by atoms with Crippen molar-refractivity contribution in [3.05, 3.63) is 0 Å². The third-order valence-electron chi connectivity index (χ3n) is 1.30. The topological polar surface area (TPSA) is 72.8 Å². The monoisotopic (exact) mass is 212 g/mol. The van der Waals surface area contributed by atoms with Crippen molar-refractivity contribution in [2.45, 2.75) is 26.6 Å². The largest absolute Gasteiger partial charge is 0.353 e. The first-order valence-corrected chi connectivity index (χ1v) is 5.75. The Labute approximate surface area is 78.8 Å². The molecule has 0 radical (unpaired) electrons. The molecule has 80 valence electrons. The number of hydrogen-bond donors (Lipinski definition) is 1. The highest BCUT2D eigenvalue weighted by atomic mass is 32.2. The number of hydrogen-bond acceptors (Lipinski definition) is 4. The van der Waals surface area contributed by atoms with E-state index in [-0.39, 0.29) is 25.1 Å². The highest BCUT2D eigenvalue weighted by Crippen LogP contribution is 1.96. The first kappa shape index (κ1) is 12.8. The van der Waals surface area contributed by atoms with Crippen molar-refractivity contribution >= 4 is 10.1 Å². The van der Waals surface area contributed by atoms with Crippen LogP contribution >= 0.6 is 0 Å². The Hall–Kier alpha value is -0.170. The molecule has 6 heteroatoms. The van der Waals surface area contributed by atoms with Crippen LogP contribution in [0.5, 0.6) is 0 Å². The van der Waals surface area contributed by atoms with Crippen molar-refractivity contribution in [2.75, 3.05) is 19.0 Å². The fraction of sp³-hybridized carbons (Fsp3) is 1.00. The summed E-state index contributed by atoms with van der Waals surface area (Å²) in [6.45, 7) is 4.40. The van der Waals surface area contributed by atoms with Crippen LogP contribution in [-0.4, -0.2) is 38.2 Å². The van der Waals surface area contributed by atoms with Crippen LogP contribution in [0.15, 0.2) is 0 Å². The second kappa shape index (κ2) is 6.31. The third kappa shape index (κ3) is 9.75. The highest BCUT2D eigenvalue weighted by Gasteiger charge is 2.05. The summed E-state index contributed by atoms with van der Waals surface area (Å²) in [5.41, 5.74) is 0. The molecule has 0 bridgehead atoms. The van der Waals surface area contributed by atoms with E-state index in [1.807, 2.05) is 6.92 Å². The second-order valence-electron chi connectivity index (χ2n) is 2.53. The lowest BCUT2D eigenvalue weighted by Crippen LogP contribution is -2.15. The molecule has 1 N–H and O–H groups in total. The molecule has 0 heterocycles. The fourth-order valence-corrected chi connectivity index (χ4v) is 1.26. The van der Waals surface area contributed by atoms with Gasteiger partial charge < -0.3 is 9.47 Å². The molecule has 0 aliphatic rings. The summed E-state index contributed by atoms with van der Waals surface area (Å²) in [6.07, 6.45) is -0.0534. The molecule has 0 fully saturated rings. The molecule has 0 saturated heterocycles. The smallest absolute Gasteiger partial charge is 0.264 e. The maximum absolute atomic E-state index is 10.3. The second-order valence-corrected chi connectivity index (χ2v) is 4.11.